The minimum atomic E-state index is -1.18. The first-order valence-corrected chi connectivity index (χ1v) is 12.9. The fourth-order valence-electron chi connectivity index (χ4n) is 6.03. The molecule has 0 aromatic heterocycles. The van der Waals surface area contributed by atoms with Crippen LogP contribution < -0.4 is 4.74 Å². The second kappa shape index (κ2) is 9.88. The molecule has 190 valence electrons. The van der Waals surface area contributed by atoms with Gasteiger partial charge in [-0.25, -0.2) is 0 Å². The molecule has 1 saturated carbocycles. The van der Waals surface area contributed by atoms with Crippen LogP contribution in [-0.4, -0.2) is 33.7 Å². The number of hydrogen-bond acceptors (Lipinski definition) is 5. The number of benzene rings is 1. The van der Waals surface area contributed by atoms with Gasteiger partial charge in [0.15, 0.2) is 0 Å². The SMILES string of the molecule is CCCCCCC(C)(C)c1ccc2c(c1)OC(C)(C)[C@@H]1CCC(N(OC(C)=O)C(C)=O)C[C@@]21O. The maximum Gasteiger partial charge on any atom is 0.329 e. The van der Waals surface area contributed by atoms with Gasteiger partial charge in [0, 0.05) is 31.7 Å². The molecule has 1 aromatic carbocycles. The van der Waals surface area contributed by atoms with Crippen LogP contribution in [0.15, 0.2) is 18.2 Å². The van der Waals surface area contributed by atoms with E-state index >= 15 is 0 Å². The molecule has 1 aliphatic heterocycles. The van der Waals surface area contributed by atoms with Crippen LogP contribution >= 0.6 is 0 Å². The van der Waals surface area contributed by atoms with Crippen molar-refractivity contribution in [2.24, 2.45) is 5.92 Å². The van der Waals surface area contributed by atoms with Crippen molar-refractivity contribution < 1.29 is 24.3 Å². The van der Waals surface area contributed by atoms with Gasteiger partial charge in [-0.2, -0.15) is 5.06 Å². The smallest absolute Gasteiger partial charge is 0.329 e. The van der Waals surface area contributed by atoms with Gasteiger partial charge >= 0.3 is 5.97 Å². The van der Waals surface area contributed by atoms with Gasteiger partial charge < -0.3 is 14.7 Å². The van der Waals surface area contributed by atoms with E-state index in [9.17, 15) is 14.7 Å². The Kier molecular flexibility index (Phi) is 7.71. The molecule has 0 radical (unpaired) electrons. The molecular formula is C28H43NO5. The van der Waals surface area contributed by atoms with E-state index in [-0.39, 0.29) is 23.3 Å². The first kappa shape index (κ1) is 26.5. The molecule has 1 aromatic rings. The van der Waals surface area contributed by atoms with Crippen molar-refractivity contribution in [2.45, 2.75) is 122 Å². The molecular weight excluding hydrogens is 430 g/mol. The Morgan fingerprint density at radius 1 is 1.18 bits per heavy atom. The highest BCUT2D eigenvalue weighted by Crippen LogP contribution is 2.55. The number of ether oxygens (including phenoxy) is 1. The molecule has 34 heavy (non-hydrogen) atoms. The summed E-state index contributed by atoms with van der Waals surface area (Å²) in [7, 11) is 0. The van der Waals surface area contributed by atoms with Crippen molar-refractivity contribution in [1.29, 1.82) is 0 Å². The van der Waals surface area contributed by atoms with Gasteiger partial charge in [0.05, 0.1) is 6.04 Å². The molecule has 6 heteroatoms. The summed E-state index contributed by atoms with van der Waals surface area (Å²) in [6, 6.07) is 5.84. The van der Waals surface area contributed by atoms with Crippen LogP contribution in [-0.2, 0) is 25.4 Å². The van der Waals surface area contributed by atoms with E-state index in [1.54, 1.807) is 0 Å². The number of hydroxylamine groups is 2. The third-order valence-electron chi connectivity index (χ3n) is 7.88. The molecule has 2 aliphatic rings. The number of unbranched alkanes of at least 4 members (excludes halogenated alkanes) is 3. The largest absolute Gasteiger partial charge is 0.487 e. The van der Waals surface area contributed by atoms with Crippen molar-refractivity contribution >= 4 is 11.9 Å². The standard InChI is InChI=1S/C28H43NO5/c1-8-9-10-11-16-26(4,5)21-12-14-23-24(17-21)33-27(6,7)25-15-13-22(18-28(23,25)32)29(19(2)30)34-20(3)31/h12,14,17,22,25,32H,8-11,13,15-16,18H2,1-7H3/t22?,25-,28+/m0/s1. The minimum absolute atomic E-state index is 0.00555. The van der Waals surface area contributed by atoms with Crippen LogP contribution in [0, 0.1) is 5.92 Å². The molecule has 1 fully saturated rings. The van der Waals surface area contributed by atoms with E-state index in [1.807, 2.05) is 19.9 Å². The van der Waals surface area contributed by atoms with Gasteiger partial charge in [0.25, 0.3) is 5.91 Å². The highest BCUT2D eigenvalue weighted by molar-refractivity contribution is 5.75. The molecule has 6 nitrogen and oxygen atoms in total. The Balaban J connectivity index is 1.94. The van der Waals surface area contributed by atoms with Crippen molar-refractivity contribution in [3.63, 3.8) is 0 Å². The van der Waals surface area contributed by atoms with E-state index < -0.39 is 17.2 Å². The molecule has 0 bridgehead atoms. The zero-order chi connectivity index (χ0) is 25.3. The number of hydrogen-bond donors (Lipinski definition) is 1. The van der Waals surface area contributed by atoms with Crippen LogP contribution in [0.1, 0.15) is 111 Å². The van der Waals surface area contributed by atoms with Crippen LogP contribution in [0.4, 0.5) is 0 Å². The first-order chi connectivity index (χ1) is 15.8. The van der Waals surface area contributed by atoms with Gasteiger partial charge in [0.2, 0.25) is 0 Å². The van der Waals surface area contributed by atoms with E-state index in [2.05, 4.69) is 32.9 Å². The lowest BCUT2D eigenvalue weighted by molar-refractivity contribution is -0.224. The molecule has 1 unspecified atom stereocenters. The van der Waals surface area contributed by atoms with E-state index in [0.29, 0.717) is 25.0 Å². The zero-order valence-corrected chi connectivity index (χ0v) is 22.1. The number of rotatable bonds is 7. The van der Waals surface area contributed by atoms with Gasteiger partial charge in [-0.15, -0.1) is 0 Å². The molecule has 0 saturated heterocycles. The van der Waals surface area contributed by atoms with Crippen molar-refractivity contribution in [2.75, 3.05) is 0 Å². The van der Waals surface area contributed by atoms with Crippen molar-refractivity contribution in [3.05, 3.63) is 29.3 Å². The van der Waals surface area contributed by atoms with Gasteiger partial charge in [-0.05, 0) is 50.2 Å². The van der Waals surface area contributed by atoms with Gasteiger partial charge in [0.1, 0.15) is 17.0 Å². The number of amides is 1. The molecule has 0 spiro atoms. The lowest BCUT2D eigenvalue weighted by Gasteiger charge is -2.54. The summed E-state index contributed by atoms with van der Waals surface area (Å²) < 4.78 is 6.51. The first-order valence-electron chi connectivity index (χ1n) is 12.9. The lowest BCUT2D eigenvalue weighted by atomic mass is 9.62. The number of carbonyl (C=O) groups is 2. The molecule has 3 rings (SSSR count). The van der Waals surface area contributed by atoms with Crippen molar-refractivity contribution in [3.8, 4) is 5.75 Å². The van der Waals surface area contributed by atoms with Crippen LogP contribution in [0.2, 0.25) is 0 Å². The Hall–Kier alpha value is -2.08. The number of carbonyl (C=O) groups excluding carboxylic acids is 2. The summed E-state index contributed by atoms with van der Waals surface area (Å²) in [5.41, 5.74) is 0.221. The summed E-state index contributed by atoms with van der Waals surface area (Å²) in [4.78, 5) is 29.1. The summed E-state index contributed by atoms with van der Waals surface area (Å²) >= 11 is 0. The molecule has 1 heterocycles. The van der Waals surface area contributed by atoms with E-state index in [0.717, 1.165) is 17.0 Å². The highest BCUT2D eigenvalue weighted by atomic mass is 16.7. The fourth-order valence-corrected chi connectivity index (χ4v) is 6.03. The minimum Gasteiger partial charge on any atom is -0.487 e. The summed E-state index contributed by atoms with van der Waals surface area (Å²) in [6.07, 6.45) is 7.60. The van der Waals surface area contributed by atoms with Gasteiger partial charge in [-0.3, -0.25) is 9.59 Å². The maximum absolute atomic E-state index is 12.2. The second-order valence-corrected chi connectivity index (χ2v) is 11.5. The van der Waals surface area contributed by atoms with E-state index in [1.165, 1.54) is 45.1 Å². The maximum atomic E-state index is 12.2. The van der Waals surface area contributed by atoms with Crippen LogP contribution in [0.5, 0.6) is 5.75 Å². The topological polar surface area (TPSA) is 76.1 Å². The Labute approximate surface area is 205 Å². The predicted octanol–water partition coefficient (Wildman–Crippen LogP) is 5.79. The highest BCUT2D eigenvalue weighted by Gasteiger charge is 2.57. The monoisotopic (exact) mass is 473 g/mol. The summed E-state index contributed by atoms with van der Waals surface area (Å²) in [5.74, 6) is -0.301. The Bertz CT molecular complexity index is 908. The third-order valence-corrected chi connectivity index (χ3v) is 7.88. The molecule has 3 atom stereocenters. The average molecular weight is 474 g/mol. The molecule has 1 aliphatic carbocycles. The summed E-state index contributed by atoms with van der Waals surface area (Å²) in [6.45, 7) is 13.5. The quantitative estimate of drug-likeness (QED) is 0.401. The zero-order valence-electron chi connectivity index (χ0n) is 22.1. The number of fused-ring (bicyclic) bond motifs is 3. The normalized spacial score (nSPS) is 25.5. The molecule has 1 amide bonds. The van der Waals surface area contributed by atoms with Crippen molar-refractivity contribution in [1.82, 2.24) is 5.06 Å². The Morgan fingerprint density at radius 2 is 1.88 bits per heavy atom. The lowest BCUT2D eigenvalue weighted by Crippen LogP contribution is -2.59. The fraction of sp³-hybridized carbons (Fsp3) is 0.714. The Morgan fingerprint density at radius 3 is 2.50 bits per heavy atom. The van der Waals surface area contributed by atoms with Crippen LogP contribution in [0.3, 0.4) is 0 Å². The number of nitrogens with zero attached hydrogens (tertiary/aromatic N) is 1. The average Bonchev–Trinajstić information content (AvgIpc) is 2.73. The van der Waals surface area contributed by atoms with Gasteiger partial charge in [-0.1, -0.05) is 58.6 Å². The molecule has 1 N–H and O–H groups in total. The van der Waals surface area contributed by atoms with Crippen LogP contribution in [0.25, 0.3) is 0 Å². The second-order valence-electron chi connectivity index (χ2n) is 11.5. The van der Waals surface area contributed by atoms with E-state index in [4.69, 9.17) is 9.57 Å². The third kappa shape index (κ3) is 5.27. The summed E-state index contributed by atoms with van der Waals surface area (Å²) in [5, 5.41) is 13.3. The predicted molar refractivity (Wildman–Crippen MR) is 132 cm³/mol. The number of aliphatic hydroxyl groups is 1.